The quantitative estimate of drug-likeness (QED) is 0.679. The van der Waals surface area contributed by atoms with E-state index in [2.05, 4.69) is 11.1 Å². The molecule has 0 radical (unpaired) electrons. The Kier molecular flexibility index (Phi) is 2.54. The summed E-state index contributed by atoms with van der Waals surface area (Å²) in [6.45, 7) is 5.54. The molecule has 0 fully saturated rings. The van der Waals surface area contributed by atoms with E-state index < -0.39 is 5.60 Å². The average Bonchev–Trinajstić information content (AvgIpc) is 2.61. The fraction of sp³-hybridized carbons (Fsp3) is 0.385. The fourth-order valence-corrected chi connectivity index (χ4v) is 1.59. The number of ether oxygens (including phenoxy) is 1. The molecule has 1 heterocycles. The molecule has 1 aliphatic carbocycles. The molecule has 1 aromatic heterocycles. The molecule has 0 amide bonds. The van der Waals surface area contributed by atoms with Crippen LogP contribution in [0.4, 0.5) is 0 Å². The highest BCUT2D eigenvalue weighted by molar-refractivity contribution is 5.88. The molecule has 0 saturated heterocycles. The van der Waals surface area contributed by atoms with Gasteiger partial charge < -0.3 is 4.74 Å². The van der Waals surface area contributed by atoms with Gasteiger partial charge in [-0.2, -0.15) is 0 Å². The topological polar surface area (TPSA) is 39.2 Å². The molecule has 0 unspecified atom stereocenters. The van der Waals surface area contributed by atoms with Crippen molar-refractivity contribution in [2.75, 3.05) is 0 Å². The lowest BCUT2D eigenvalue weighted by atomic mass is 10.1. The second-order valence-corrected chi connectivity index (χ2v) is 4.88. The second-order valence-electron chi connectivity index (χ2n) is 4.88. The largest absolute Gasteiger partial charge is 0.455 e. The minimum atomic E-state index is -0.476. The summed E-state index contributed by atoms with van der Waals surface area (Å²) >= 11 is 0. The van der Waals surface area contributed by atoms with Crippen molar-refractivity contribution in [3.05, 3.63) is 35.2 Å². The van der Waals surface area contributed by atoms with Crippen LogP contribution in [-0.4, -0.2) is 16.6 Å². The lowest BCUT2D eigenvalue weighted by molar-refractivity contribution is 0.00627. The number of carbonyl (C=O) groups is 1. The third kappa shape index (κ3) is 2.30. The normalized spacial score (nSPS) is 13.7. The maximum Gasteiger partial charge on any atom is 0.357 e. The maximum atomic E-state index is 11.8. The van der Waals surface area contributed by atoms with E-state index in [1.165, 1.54) is 0 Å². The van der Waals surface area contributed by atoms with Crippen molar-refractivity contribution in [1.29, 1.82) is 0 Å². The molecule has 3 nitrogen and oxygen atoms in total. The van der Waals surface area contributed by atoms with Crippen molar-refractivity contribution >= 4 is 12.0 Å². The third-order valence-corrected chi connectivity index (χ3v) is 2.27. The summed E-state index contributed by atoms with van der Waals surface area (Å²) in [5, 5.41) is 0. The number of esters is 1. The van der Waals surface area contributed by atoms with E-state index >= 15 is 0 Å². The Labute approximate surface area is 95.2 Å². The van der Waals surface area contributed by atoms with Crippen molar-refractivity contribution in [2.24, 2.45) is 0 Å². The van der Waals surface area contributed by atoms with Gasteiger partial charge >= 0.3 is 5.97 Å². The first kappa shape index (κ1) is 10.9. The SMILES string of the molecule is CC(C)(C)OC(=O)c1cc2c(cn1)C=CC2. The molecule has 0 saturated carbocycles. The van der Waals surface area contributed by atoms with Crippen LogP contribution in [0.1, 0.15) is 42.4 Å². The van der Waals surface area contributed by atoms with Crippen LogP contribution in [0.15, 0.2) is 18.3 Å². The van der Waals surface area contributed by atoms with Crippen LogP contribution >= 0.6 is 0 Å². The lowest BCUT2D eigenvalue weighted by Gasteiger charge is -2.19. The summed E-state index contributed by atoms with van der Waals surface area (Å²) in [7, 11) is 0. The Bertz CT molecular complexity index is 455. The Morgan fingerprint density at radius 1 is 1.44 bits per heavy atom. The van der Waals surface area contributed by atoms with E-state index in [0.717, 1.165) is 17.5 Å². The van der Waals surface area contributed by atoms with Gasteiger partial charge in [-0.3, -0.25) is 0 Å². The molecule has 0 atom stereocenters. The second kappa shape index (κ2) is 3.74. The predicted octanol–water partition coefficient (Wildman–Crippen LogP) is 2.61. The molecule has 16 heavy (non-hydrogen) atoms. The van der Waals surface area contributed by atoms with Gasteiger partial charge in [0.1, 0.15) is 11.3 Å². The van der Waals surface area contributed by atoms with Gasteiger partial charge in [-0.05, 0) is 44.4 Å². The first-order valence-electron chi connectivity index (χ1n) is 5.34. The smallest absolute Gasteiger partial charge is 0.357 e. The summed E-state index contributed by atoms with van der Waals surface area (Å²) in [5.41, 5.74) is 2.14. The number of aromatic nitrogens is 1. The van der Waals surface area contributed by atoms with Crippen LogP contribution in [0, 0.1) is 0 Å². The highest BCUT2D eigenvalue weighted by Crippen LogP contribution is 2.20. The van der Waals surface area contributed by atoms with Gasteiger partial charge in [-0.1, -0.05) is 12.2 Å². The number of hydrogen-bond donors (Lipinski definition) is 0. The number of rotatable bonds is 1. The van der Waals surface area contributed by atoms with Crippen LogP contribution < -0.4 is 0 Å². The number of hydrogen-bond acceptors (Lipinski definition) is 3. The van der Waals surface area contributed by atoms with E-state index in [-0.39, 0.29) is 5.97 Å². The predicted molar refractivity (Wildman–Crippen MR) is 62.1 cm³/mol. The van der Waals surface area contributed by atoms with Crippen LogP contribution in [-0.2, 0) is 11.2 Å². The molecule has 84 valence electrons. The van der Waals surface area contributed by atoms with Gasteiger partial charge in [0.15, 0.2) is 0 Å². The molecule has 2 rings (SSSR count). The molecule has 0 spiro atoms. The Morgan fingerprint density at radius 2 is 2.19 bits per heavy atom. The lowest BCUT2D eigenvalue weighted by Crippen LogP contribution is -2.24. The fourth-order valence-electron chi connectivity index (χ4n) is 1.59. The molecule has 0 N–H and O–H groups in total. The standard InChI is InChI=1S/C13H15NO2/c1-13(2,3)16-12(15)11-7-9-5-4-6-10(9)8-14-11/h4,6-8H,5H2,1-3H3. The number of nitrogens with zero attached hydrogens (tertiary/aromatic N) is 1. The molecule has 0 bridgehead atoms. The van der Waals surface area contributed by atoms with Gasteiger partial charge in [0.2, 0.25) is 0 Å². The van der Waals surface area contributed by atoms with Crippen molar-refractivity contribution < 1.29 is 9.53 Å². The monoisotopic (exact) mass is 217 g/mol. The van der Waals surface area contributed by atoms with Gasteiger partial charge in [0.25, 0.3) is 0 Å². The molecular formula is C13H15NO2. The number of fused-ring (bicyclic) bond motifs is 1. The Hall–Kier alpha value is -1.64. The van der Waals surface area contributed by atoms with E-state index in [4.69, 9.17) is 4.74 Å². The summed E-state index contributed by atoms with van der Waals surface area (Å²) in [6, 6.07) is 1.81. The van der Waals surface area contributed by atoms with E-state index in [0.29, 0.717) is 5.69 Å². The number of pyridine rings is 1. The summed E-state index contributed by atoms with van der Waals surface area (Å²) in [5.74, 6) is -0.359. The van der Waals surface area contributed by atoms with Gasteiger partial charge in [0, 0.05) is 6.20 Å². The van der Waals surface area contributed by atoms with E-state index in [9.17, 15) is 4.79 Å². The van der Waals surface area contributed by atoms with Crippen LogP contribution in [0.3, 0.4) is 0 Å². The summed E-state index contributed by atoms with van der Waals surface area (Å²) in [6.07, 6.45) is 6.66. The minimum absolute atomic E-state index is 0.359. The van der Waals surface area contributed by atoms with Gasteiger partial charge in [-0.15, -0.1) is 0 Å². The van der Waals surface area contributed by atoms with Gasteiger partial charge in [0.05, 0.1) is 0 Å². The first-order chi connectivity index (χ1) is 7.46. The molecule has 3 heteroatoms. The Balaban J connectivity index is 2.20. The molecule has 0 aromatic carbocycles. The zero-order valence-electron chi connectivity index (χ0n) is 9.78. The third-order valence-electron chi connectivity index (χ3n) is 2.27. The maximum absolute atomic E-state index is 11.8. The van der Waals surface area contributed by atoms with Gasteiger partial charge in [-0.25, -0.2) is 9.78 Å². The van der Waals surface area contributed by atoms with E-state index in [1.54, 1.807) is 6.20 Å². The number of allylic oxidation sites excluding steroid dienone is 1. The Morgan fingerprint density at radius 3 is 2.88 bits per heavy atom. The van der Waals surface area contributed by atoms with Crippen molar-refractivity contribution in [3.63, 3.8) is 0 Å². The number of carbonyl (C=O) groups excluding carboxylic acids is 1. The molecule has 1 aliphatic rings. The molecule has 1 aromatic rings. The van der Waals surface area contributed by atoms with Crippen LogP contribution in [0.25, 0.3) is 6.08 Å². The van der Waals surface area contributed by atoms with Crippen molar-refractivity contribution in [1.82, 2.24) is 4.98 Å². The van der Waals surface area contributed by atoms with E-state index in [1.807, 2.05) is 32.9 Å². The average molecular weight is 217 g/mol. The van der Waals surface area contributed by atoms with Crippen LogP contribution in [0.2, 0.25) is 0 Å². The highest BCUT2D eigenvalue weighted by Gasteiger charge is 2.20. The molecule has 0 aliphatic heterocycles. The highest BCUT2D eigenvalue weighted by atomic mass is 16.6. The van der Waals surface area contributed by atoms with Crippen LogP contribution in [0.5, 0.6) is 0 Å². The van der Waals surface area contributed by atoms with Crippen molar-refractivity contribution in [2.45, 2.75) is 32.8 Å². The zero-order chi connectivity index (χ0) is 11.8. The molecular weight excluding hydrogens is 202 g/mol. The summed E-state index contributed by atoms with van der Waals surface area (Å²) in [4.78, 5) is 15.9. The summed E-state index contributed by atoms with van der Waals surface area (Å²) < 4.78 is 5.26. The zero-order valence-corrected chi connectivity index (χ0v) is 9.78. The van der Waals surface area contributed by atoms with Crippen molar-refractivity contribution in [3.8, 4) is 0 Å². The first-order valence-corrected chi connectivity index (χ1v) is 5.34. The minimum Gasteiger partial charge on any atom is -0.455 e.